The molecule has 2 aromatic carbocycles. The van der Waals surface area contributed by atoms with Crippen molar-refractivity contribution >= 4 is 27.7 Å². The third-order valence-corrected chi connectivity index (χ3v) is 4.06. The van der Waals surface area contributed by atoms with Crippen molar-refractivity contribution in [2.24, 2.45) is 0 Å². The molecule has 8 heteroatoms. The van der Waals surface area contributed by atoms with Gasteiger partial charge in [-0.15, -0.1) is 0 Å². The average molecular weight is 432 g/mol. The monoisotopic (exact) mass is 431 g/mol. The summed E-state index contributed by atoms with van der Waals surface area (Å²) in [6.45, 7) is 2.55. The Labute approximate surface area is 164 Å². The van der Waals surface area contributed by atoms with E-state index in [1.165, 1.54) is 0 Å². The number of aromatic nitrogens is 2. The highest BCUT2D eigenvalue weighted by Crippen LogP contribution is 2.26. The second-order valence-electron chi connectivity index (χ2n) is 5.63. The summed E-state index contributed by atoms with van der Waals surface area (Å²) >= 11 is 3.34. The fourth-order valence-electron chi connectivity index (χ4n) is 2.24. The Morgan fingerprint density at radius 1 is 1.04 bits per heavy atom. The average Bonchev–Trinajstić information content (AvgIpc) is 3.14. The summed E-state index contributed by atoms with van der Waals surface area (Å²) in [5, 5.41) is 10.3. The molecule has 0 aliphatic carbocycles. The van der Waals surface area contributed by atoms with E-state index in [-0.39, 0.29) is 18.3 Å². The van der Waals surface area contributed by atoms with Crippen LogP contribution >= 0.6 is 15.9 Å². The Hall–Kier alpha value is -2.87. The zero-order valence-corrected chi connectivity index (χ0v) is 16.2. The number of ether oxygens (including phenoxy) is 2. The van der Waals surface area contributed by atoms with Crippen LogP contribution in [0.25, 0.3) is 11.3 Å². The molecule has 1 N–H and O–H groups in total. The molecule has 0 spiro atoms. The zero-order chi connectivity index (χ0) is 19.1. The van der Waals surface area contributed by atoms with E-state index in [1.807, 2.05) is 43.3 Å². The van der Waals surface area contributed by atoms with E-state index in [9.17, 15) is 4.79 Å². The molecule has 0 atom stereocenters. The van der Waals surface area contributed by atoms with Crippen molar-refractivity contribution in [2.75, 3.05) is 18.5 Å². The third kappa shape index (κ3) is 5.30. The lowest BCUT2D eigenvalue weighted by Gasteiger charge is -2.07. The standard InChI is InChI=1S/C19H18BrN3O4/c1-2-11-25-15-7-3-13(4-8-15)18-19(23-27-22-18)21-17(24)12-26-16-9-5-14(20)6-10-16/h3-10H,2,11-12H2,1H3,(H,21,23,24). The van der Waals surface area contributed by atoms with Crippen LogP contribution in [0, 0.1) is 0 Å². The summed E-state index contributed by atoms with van der Waals surface area (Å²) in [6, 6.07) is 14.5. The van der Waals surface area contributed by atoms with Gasteiger partial charge in [-0.3, -0.25) is 4.79 Å². The van der Waals surface area contributed by atoms with Crippen LogP contribution in [-0.4, -0.2) is 29.4 Å². The van der Waals surface area contributed by atoms with Gasteiger partial charge in [0.15, 0.2) is 12.3 Å². The van der Waals surface area contributed by atoms with Crippen LogP contribution in [-0.2, 0) is 4.79 Å². The summed E-state index contributed by atoms with van der Waals surface area (Å²) < 4.78 is 16.7. The molecule has 1 aromatic heterocycles. The van der Waals surface area contributed by atoms with Crippen LogP contribution in [0.2, 0.25) is 0 Å². The number of carbonyl (C=O) groups is 1. The van der Waals surface area contributed by atoms with E-state index in [0.29, 0.717) is 18.1 Å². The Kier molecular flexibility index (Phi) is 6.43. The van der Waals surface area contributed by atoms with E-state index in [0.717, 1.165) is 22.2 Å². The molecule has 1 amide bonds. The summed E-state index contributed by atoms with van der Waals surface area (Å²) in [5.41, 5.74) is 1.19. The second kappa shape index (κ2) is 9.18. The van der Waals surface area contributed by atoms with E-state index < -0.39 is 0 Å². The molecular formula is C19H18BrN3O4. The summed E-state index contributed by atoms with van der Waals surface area (Å²) in [5.74, 6) is 1.24. The first-order valence-electron chi connectivity index (χ1n) is 8.39. The van der Waals surface area contributed by atoms with Crippen LogP contribution < -0.4 is 14.8 Å². The van der Waals surface area contributed by atoms with E-state index in [2.05, 4.69) is 31.6 Å². The predicted octanol–water partition coefficient (Wildman–Crippen LogP) is 4.31. The maximum absolute atomic E-state index is 12.1. The first-order chi connectivity index (χ1) is 13.2. The van der Waals surface area contributed by atoms with Crippen molar-refractivity contribution < 1.29 is 18.9 Å². The highest BCUT2D eigenvalue weighted by molar-refractivity contribution is 9.10. The Morgan fingerprint density at radius 2 is 1.70 bits per heavy atom. The summed E-state index contributed by atoms with van der Waals surface area (Å²) in [4.78, 5) is 12.1. The van der Waals surface area contributed by atoms with Gasteiger partial charge in [0, 0.05) is 10.0 Å². The van der Waals surface area contributed by atoms with Gasteiger partial charge in [0.1, 0.15) is 11.5 Å². The van der Waals surface area contributed by atoms with Crippen LogP contribution in [0.5, 0.6) is 11.5 Å². The Balaban J connectivity index is 1.60. The molecule has 0 aliphatic heterocycles. The zero-order valence-electron chi connectivity index (χ0n) is 14.6. The molecule has 0 fully saturated rings. The SMILES string of the molecule is CCCOc1ccc(-c2nonc2NC(=O)COc2ccc(Br)cc2)cc1. The predicted molar refractivity (Wildman–Crippen MR) is 104 cm³/mol. The van der Waals surface area contributed by atoms with Gasteiger partial charge in [0.25, 0.3) is 5.91 Å². The summed E-state index contributed by atoms with van der Waals surface area (Å²) in [7, 11) is 0. The van der Waals surface area contributed by atoms with E-state index in [1.54, 1.807) is 12.1 Å². The topological polar surface area (TPSA) is 86.5 Å². The minimum Gasteiger partial charge on any atom is -0.494 e. The lowest BCUT2D eigenvalue weighted by Crippen LogP contribution is -2.20. The second-order valence-corrected chi connectivity index (χ2v) is 6.54. The molecular weight excluding hydrogens is 414 g/mol. The van der Waals surface area contributed by atoms with Crippen molar-refractivity contribution in [1.29, 1.82) is 0 Å². The van der Waals surface area contributed by atoms with Crippen LogP contribution in [0.3, 0.4) is 0 Å². The molecule has 3 rings (SSSR count). The van der Waals surface area contributed by atoms with Crippen molar-refractivity contribution in [3.05, 3.63) is 53.0 Å². The first kappa shape index (κ1) is 18.9. The highest BCUT2D eigenvalue weighted by Gasteiger charge is 2.15. The first-order valence-corrected chi connectivity index (χ1v) is 9.19. The van der Waals surface area contributed by atoms with Gasteiger partial charge < -0.3 is 14.8 Å². The molecule has 140 valence electrons. The maximum Gasteiger partial charge on any atom is 0.263 e. The summed E-state index contributed by atoms with van der Waals surface area (Å²) in [6.07, 6.45) is 0.938. The fourth-order valence-corrected chi connectivity index (χ4v) is 2.50. The van der Waals surface area contributed by atoms with Gasteiger partial charge in [-0.1, -0.05) is 22.9 Å². The minimum absolute atomic E-state index is 0.155. The molecule has 0 saturated heterocycles. The van der Waals surface area contributed by atoms with Gasteiger partial charge >= 0.3 is 0 Å². The van der Waals surface area contributed by atoms with Crippen molar-refractivity contribution in [2.45, 2.75) is 13.3 Å². The molecule has 3 aromatic rings. The minimum atomic E-state index is -0.363. The number of nitrogens with zero attached hydrogens (tertiary/aromatic N) is 2. The number of amides is 1. The smallest absolute Gasteiger partial charge is 0.263 e. The number of carbonyl (C=O) groups excluding carboxylic acids is 1. The molecule has 0 saturated carbocycles. The third-order valence-electron chi connectivity index (χ3n) is 3.53. The quantitative estimate of drug-likeness (QED) is 0.571. The number of nitrogens with one attached hydrogen (secondary N) is 1. The number of halogens is 1. The fraction of sp³-hybridized carbons (Fsp3) is 0.211. The number of rotatable bonds is 8. The highest BCUT2D eigenvalue weighted by atomic mass is 79.9. The number of anilines is 1. The van der Waals surface area contributed by atoms with Gasteiger partial charge in [-0.2, -0.15) is 0 Å². The van der Waals surface area contributed by atoms with Crippen molar-refractivity contribution in [1.82, 2.24) is 10.3 Å². The molecule has 27 heavy (non-hydrogen) atoms. The largest absolute Gasteiger partial charge is 0.494 e. The molecule has 0 unspecified atom stereocenters. The molecule has 1 heterocycles. The molecule has 0 radical (unpaired) electrons. The lowest BCUT2D eigenvalue weighted by atomic mass is 10.1. The molecule has 0 bridgehead atoms. The van der Waals surface area contributed by atoms with Crippen LogP contribution in [0.4, 0.5) is 5.82 Å². The normalized spacial score (nSPS) is 10.4. The van der Waals surface area contributed by atoms with Crippen LogP contribution in [0.1, 0.15) is 13.3 Å². The van der Waals surface area contributed by atoms with Gasteiger partial charge in [-0.05, 0) is 65.3 Å². The maximum atomic E-state index is 12.1. The van der Waals surface area contributed by atoms with E-state index >= 15 is 0 Å². The van der Waals surface area contributed by atoms with Crippen molar-refractivity contribution in [3.63, 3.8) is 0 Å². The number of benzene rings is 2. The van der Waals surface area contributed by atoms with Gasteiger partial charge in [0.2, 0.25) is 5.82 Å². The Bertz CT molecular complexity index is 879. The van der Waals surface area contributed by atoms with Crippen molar-refractivity contribution in [3.8, 4) is 22.8 Å². The Morgan fingerprint density at radius 3 is 2.41 bits per heavy atom. The van der Waals surface area contributed by atoms with Gasteiger partial charge in [0.05, 0.1) is 6.61 Å². The number of hydrogen-bond acceptors (Lipinski definition) is 6. The van der Waals surface area contributed by atoms with Crippen LogP contribution in [0.15, 0.2) is 57.6 Å². The molecule has 0 aliphatic rings. The number of hydrogen-bond donors (Lipinski definition) is 1. The molecule has 7 nitrogen and oxygen atoms in total. The lowest BCUT2D eigenvalue weighted by molar-refractivity contribution is -0.118. The van der Waals surface area contributed by atoms with E-state index in [4.69, 9.17) is 14.1 Å². The van der Waals surface area contributed by atoms with Gasteiger partial charge in [-0.25, -0.2) is 4.63 Å².